The van der Waals surface area contributed by atoms with Crippen molar-refractivity contribution >= 4 is 37.5 Å². The fourth-order valence-electron chi connectivity index (χ4n) is 1.70. The number of nitrogens with two attached hydrogens (primary N) is 1. The summed E-state index contributed by atoms with van der Waals surface area (Å²) in [7, 11) is 0. The Hall–Kier alpha value is -1.51. The number of halogens is 2. The molecule has 0 aliphatic heterocycles. The number of hydrogen-bond acceptors (Lipinski definition) is 3. The first-order chi connectivity index (χ1) is 9.02. The van der Waals surface area contributed by atoms with E-state index in [4.69, 9.17) is 15.7 Å². The van der Waals surface area contributed by atoms with E-state index in [1.54, 1.807) is 18.2 Å². The summed E-state index contributed by atoms with van der Waals surface area (Å²) < 4.78 is 7.39. The summed E-state index contributed by atoms with van der Waals surface area (Å²) in [6.07, 6.45) is 0. The first-order valence-electron chi connectivity index (χ1n) is 5.45. The van der Waals surface area contributed by atoms with Gasteiger partial charge in [-0.05, 0) is 52.7 Å². The van der Waals surface area contributed by atoms with Crippen LogP contribution in [0.2, 0.25) is 0 Å². The van der Waals surface area contributed by atoms with Gasteiger partial charge in [-0.3, -0.25) is 0 Å². The molecule has 2 N–H and O–H groups in total. The van der Waals surface area contributed by atoms with Crippen molar-refractivity contribution in [2.24, 2.45) is 0 Å². The third kappa shape index (κ3) is 2.91. The highest BCUT2D eigenvalue weighted by Gasteiger charge is 2.12. The van der Waals surface area contributed by atoms with Crippen LogP contribution in [0.15, 0.2) is 39.3 Å². The number of nitriles is 1. The van der Waals surface area contributed by atoms with E-state index in [0.29, 0.717) is 27.2 Å². The summed E-state index contributed by atoms with van der Waals surface area (Å²) in [6.45, 7) is 1.90. The first-order valence-corrected chi connectivity index (χ1v) is 7.03. The highest BCUT2D eigenvalue weighted by Crippen LogP contribution is 2.36. The zero-order valence-electron chi connectivity index (χ0n) is 10.1. The lowest BCUT2D eigenvalue weighted by Crippen LogP contribution is -1.96. The van der Waals surface area contributed by atoms with E-state index >= 15 is 0 Å². The van der Waals surface area contributed by atoms with Crippen LogP contribution < -0.4 is 10.5 Å². The Labute approximate surface area is 128 Å². The van der Waals surface area contributed by atoms with Gasteiger partial charge in [-0.1, -0.05) is 22.0 Å². The fraction of sp³-hybridized carbons (Fsp3) is 0.0714. The van der Waals surface area contributed by atoms with Crippen molar-refractivity contribution < 1.29 is 4.74 Å². The molecule has 3 nitrogen and oxygen atoms in total. The Morgan fingerprint density at radius 3 is 2.63 bits per heavy atom. The van der Waals surface area contributed by atoms with Crippen molar-refractivity contribution in [1.82, 2.24) is 0 Å². The molecular weight excluding hydrogens is 372 g/mol. The summed E-state index contributed by atoms with van der Waals surface area (Å²) in [4.78, 5) is 0. The number of aryl methyl sites for hydroxylation is 1. The third-order valence-corrected chi connectivity index (χ3v) is 3.69. The predicted octanol–water partition coefficient (Wildman–Crippen LogP) is 4.77. The smallest absolute Gasteiger partial charge is 0.153 e. The summed E-state index contributed by atoms with van der Waals surface area (Å²) in [5.41, 5.74) is 7.82. The molecule has 0 fully saturated rings. The molecule has 0 heterocycles. The van der Waals surface area contributed by atoms with Gasteiger partial charge in [0, 0.05) is 8.95 Å². The van der Waals surface area contributed by atoms with Gasteiger partial charge in [-0.15, -0.1) is 0 Å². The molecule has 0 aromatic heterocycles. The molecule has 2 aromatic carbocycles. The molecule has 2 rings (SSSR count). The van der Waals surface area contributed by atoms with Crippen molar-refractivity contribution in [3.63, 3.8) is 0 Å². The Bertz CT molecular complexity index is 655. The van der Waals surface area contributed by atoms with Crippen molar-refractivity contribution in [3.05, 3.63) is 50.4 Å². The van der Waals surface area contributed by atoms with Gasteiger partial charge in [0.2, 0.25) is 0 Å². The normalized spacial score (nSPS) is 10.0. The Morgan fingerprint density at radius 2 is 2.00 bits per heavy atom. The van der Waals surface area contributed by atoms with E-state index in [9.17, 15) is 0 Å². The quantitative estimate of drug-likeness (QED) is 0.762. The number of rotatable bonds is 2. The van der Waals surface area contributed by atoms with Gasteiger partial charge >= 0.3 is 0 Å². The lowest BCUT2D eigenvalue weighted by molar-refractivity contribution is 0.479. The van der Waals surface area contributed by atoms with Gasteiger partial charge in [0.25, 0.3) is 0 Å². The molecule has 0 radical (unpaired) electrons. The molecule has 5 heteroatoms. The number of anilines is 1. The minimum Gasteiger partial charge on any atom is -0.453 e. The highest BCUT2D eigenvalue weighted by atomic mass is 79.9. The van der Waals surface area contributed by atoms with E-state index in [2.05, 4.69) is 37.9 Å². The molecule has 0 aliphatic rings. The third-order valence-electron chi connectivity index (χ3n) is 2.57. The Kier molecular flexibility index (Phi) is 4.13. The van der Waals surface area contributed by atoms with Crippen molar-refractivity contribution in [2.45, 2.75) is 6.92 Å². The second-order valence-corrected chi connectivity index (χ2v) is 5.74. The Balaban J connectivity index is 2.49. The minimum atomic E-state index is 0.448. The monoisotopic (exact) mass is 380 g/mol. The van der Waals surface area contributed by atoms with Gasteiger partial charge < -0.3 is 10.5 Å². The number of nitrogen functional groups attached to an aromatic ring is 1. The molecule has 0 saturated heterocycles. The van der Waals surface area contributed by atoms with Crippen LogP contribution in [0.4, 0.5) is 5.69 Å². The van der Waals surface area contributed by atoms with Crippen LogP contribution in [-0.2, 0) is 0 Å². The largest absolute Gasteiger partial charge is 0.453 e. The SMILES string of the molecule is Cc1cc(Br)cc(N)c1Oc1cccc(Br)c1C#N. The molecule has 2 aromatic rings. The molecule has 0 spiro atoms. The number of ether oxygens (including phenoxy) is 1. The molecule has 19 heavy (non-hydrogen) atoms. The van der Waals surface area contributed by atoms with E-state index in [-0.39, 0.29) is 0 Å². The molecular formula is C14H10Br2N2O. The van der Waals surface area contributed by atoms with Crippen molar-refractivity contribution in [1.29, 1.82) is 5.26 Å². The maximum Gasteiger partial charge on any atom is 0.153 e. The summed E-state index contributed by atoms with van der Waals surface area (Å²) in [5.74, 6) is 1.05. The highest BCUT2D eigenvalue weighted by molar-refractivity contribution is 9.10. The van der Waals surface area contributed by atoms with Gasteiger partial charge in [0.05, 0.1) is 5.69 Å². The van der Waals surface area contributed by atoms with Gasteiger partial charge in [-0.2, -0.15) is 5.26 Å². The van der Waals surface area contributed by atoms with Crippen LogP contribution in [0.3, 0.4) is 0 Å². The Morgan fingerprint density at radius 1 is 1.26 bits per heavy atom. The molecule has 0 amide bonds. The van der Waals surface area contributed by atoms with Crippen LogP contribution in [-0.4, -0.2) is 0 Å². The standard InChI is InChI=1S/C14H10Br2N2O/c1-8-5-9(15)6-12(18)14(8)19-13-4-2-3-11(16)10(13)7-17/h2-6H,18H2,1H3. The van der Waals surface area contributed by atoms with Crippen molar-refractivity contribution in [3.8, 4) is 17.6 Å². The number of hydrogen-bond donors (Lipinski definition) is 1. The second-order valence-electron chi connectivity index (χ2n) is 3.97. The molecule has 0 bridgehead atoms. The van der Waals surface area contributed by atoms with Gasteiger partial charge in [0.1, 0.15) is 17.4 Å². The minimum absolute atomic E-state index is 0.448. The van der Waals surface area contributed by atoms with Crippen LogP contribution in [0, 0.1) is 18.3 Å². The zero-order chi connectivity index (χ0) is 14.0. The molecule has 0 saturated carbocycles. The second kappa shape index (κ2) is 5.64. The summed E-state index contributed by atoms with van der Waals surface area (Å²) in [5, 5.41) is 9.16. The average molecular weight is 382 g/mol. The first kappa shape index (κ1) is 13.9. The van der Waals surface area contributed by atoms with Gasteiger partial charge in [0.15, 0.2) is 5.75 Å². The molecule has 0 atom stereocenters. The van der Waals surface area contributed by atoms with E-state index in [1.165, 1.54) is 0 Å². The van der Waals surface area contributed by atoms with E-state index in [0.717, 1.165) is 10.0 Å². The average Bonchev–Trinajstić information content (AvgIpc) is 2.34. The van der Waals surface area contributed by atoms with Crippen LogP contribution in [0.25, 0.3) is 0 Å². The lowest BCUT2D eigenvalue weighted by Gasteiger charge is -2.13. The summed E-state index contributed by atoms with van der Waals surface area (Å²) in [6, 6.07) is 11.1. The van der Waals surface area contributed by atoms with E-state index < -0.39 is 0 Å². The van der Waals surface area contributed by atoms with Gasteiger partial charge in [-0.25, -0.2) is 0 Å². The number of nitrogens with zero attached hydrogens (tertiary/aromatic N) is 1. The number of benzene rings is 2. The maximum atomic E-state index is 9.16. The molecule has 0 aliphatic carbocycles. The fourth-order valence-corrected chi connectivity index (χ4v) is 2.73. The maximum absolute atomic E-state index is 9.16. The van der Waals surface area contributed by atoms with Crippen molar-refractivity contribution in [2.75, 3.05) is 5.73 Å². The van der Waals surface area contributed by atoms with Crippen LogP contribution >= 0.6 is 31.9 Å². The van der Waals surface area contributed by atoms with E-state index in [1.807, 2.05) is 19.1 Å². The lowest BCUT2D eigenvalue weighted by atomic mass is 10.2. The summed E-state index contributed by atoms with van der Waals surface area (Å²) >= 11 is 6.70. The van der Waals surface area contributed by atoms with Crippen LogP contribution in [0.1, 0.15) is 11.1 Å². The molecule has 96 valence electrons. The van der Waals surface area contributed by atoms with Crippen LogP contribution in [0.5, 0.6) is 11.5 Å². The zero-order valence-corrected chi connectivity index (χ0v) is 13.2. The molecule has 0 unspecified atom stereocenters. The topological polar surface area (TPSA) is 59.0 Å². The predicted molar refractivity (Wildman–Crippen MR) is 82.2 cm³/mol.